The third kappa shape index (κ3) is 6.73. The molecule has 0 spiro atoms. The maximum absolute atomic E-state index is 12.6. The molecule has 31 heavy (non-hydrogen) atoms. The Morgan fingerprint density at radius 1 is 0.903 bits per heavy atom. The summed E-state index contributed by atoms with van der Waals surface area (Å²) in [6.45, 7) is 0.572. The fourth-order valence-electron chi connectivity index (χ4n) is 2.84. The zero-order valence-corrected chi connectivity index (χ0v) is 18.3. The van der Waals surface area contributed by atoms with Gasteiger partial charge in [-0.2, -0.15) is 0 Å². The molecule has 8 heteroatoms. The molecule has 3 aromatic carbocycles. The van der Waals surface area contributed by atoms with E-state index in [4.69, 9.17) is 16.3 Å². The SMILES string of the molecule is O=C(CCCOc1ccccc1Cl)NCc1ccccc1NS(=O)(=O)c1ccccc1. The molecule has 6 nitrogen and oxygen atoms in total. The fraction of sp³-hybridized carbons (Fsp3) is 0.174. The number of anilines is 1. The first-order valence-corrected chi connectivity index (χ1v) is 11.6. The van der Waals surface area contributed by atoms with Gasteiger partial charge in [0.15, 0.2) is 0 Å². The molecule has 2 N–H and O–H groups in total. The summed E-state index contributed by atoms with van der Waals surface area (Å²) in [6, 6.07) is 22.3. The van der Waals surface area contributed by atoms with Crippen LogP contribution in [0.3, 0.4) is 0 Å². The Bertz CT molecular complexity index is 1120. The van der Waals surface area contributed by atoms with E-state index in [1.807, 2.05) is 12.1 Å². The van der Waals surface area contributed by atoms with Crippen molar-refractivity contribution in [2.45, 2.75) is 24.3 Å². The molecule has 0 aromatic heterocycles. The van der Waals surface area contributed by atoms with Crippen LogP contribution in [0.15, 0.2) is 83.8 Å². The van der Waals surface area contributed by atoms with Crippen molar-refractivity contribution in [3.8, 4) is 5.75 Å². The first-order chi connectivity index (χ1) is 15.0. The van der Waals surface area contributed by atoms with Gasteiger partial charge in [-0.15, -0.1) is 0 Å². The molecule has 0 saturated heterocycles. The van der Waals surface area contributed by atoms with Gasteiger partial charge in [-0.3, -0.25) is 9.52 Å². The van der Waals surface area contributed by atoms with Gasteiger partial charge in [0, 0.05) is 13.0 Å². The Hall–Kier alpha value is -3.03. The number of para-hydroxylation sites is 2. The summed E-state index contributed by atoms with van der Waals surface area (Å²) in [6.07, 6.45) is 0.807. The van der Waals surface area contributed by atoms with Crippen LogP contribution in [0.2, 0.25) is 5.02 Å². The predicted molar refractivity (Wildman–Crippen MR) is 122 cm³/mol. The summed E-state index contributed by atoms with van der Waals surface area (Å²) < 4.78 is 33.3. The Labute approximate surface area is 187 Å². The Kier molecular flexibility index (Phi) is 7.92. The molecule has 0 radical (unpaired) electrons. The Morgan fingerprint density at radius 3 is 2.35 bits per heavy atom. The number of hydrogen-bond donors (Lipinski definition) is 2. The number of carbonyl (C=O) groups excluding carboxylic acids is 1. The van der Waals surface area contributed by atoms with Crippen molar-refractivity contribution in [1.29, 1.82) is 0 Å². The Balaban J connectivity index is 1.50. The van der Waals surface area contributed by atoms with Crippen LogP contribution in [-0.4, -0.2) is 20.9 Å². The number of sulfonamides is 1. The van der Waals surface area contributed by atoms with E-state index in [0.29, 0.717) is 35.1 Å². The molecule has 0 aliphatic rings. The number of hydrogen-bond acceptors (Lipinski definition) is 4. The van der Waals surface area contributed by atoms with Crippen LogP contribution in [0.1, 0.15) is 18.4 Å². The number of carbonyl (C=O) groups is 1. The lowest BCUT2D eigenvalue weighted by Gasteiger charge is -2.13. The van der Waals surface area contributed by atoms with E-state index in [9.17, 15) is 13.2 Å². The highest BCUT2D eigenvalue weighted by atomic mass is 35.5. The van der Waals surface area contributed by atoms with Crippen molar-refractivity contribution in [2.75, 3.05) is 11.3 Å². The van der Waals surface area contributed by atoms with Crippen LogP contribution >= 0.6 is 11.6 Å². The topological polar surface area (TPSA) is 84.5 Å². The van der Waals surface area contributed by atoms with E-state index < -0.39 is 10.0 Å². The monoisotopic (exact) mass is 458 g/mol. The number of ether oxygens (including phenoxy) is 1. The molecular weight excluding hydrogens is 436 g/mol. The van der Waals surface area contributed by atoms with E-state index in [1.54, 1.807) is 54.6 Å². The fourth-order valence-corrected chi connectivity index (χ4v) is 4.15. The van der Waals surface area contributed by atoms with E-state index in [-0.39, 0.29) is 23.8 Å². The van der Waals surface area contributed by atoms with Crippen LogP contribution in [0.25, 0.3) is 0 Å². The quantitative estimate of drug-likeness (QED) is 0.434. The third-order valence-electron chi connectivity index (χ3n) is 4.43. The molecule has 1 amide bonds. The summed E-state index contributed by atoms with van der Waals surface area (Å²) in [7, 11) is -3.71. The first-order valence-electron chi connectivity index (χ1n) is 9.75. The molecule has 0 aliphatic heterocycles. The lowest BCUT2D eigenvalue weighted by atomic mass is 10.2. The van der Waals surface area contributed by atoms with Gasteiger partial charge in [0.1, 0.15) is 5.75 Å². The number of amides is 1. The molecule has 0 atom stereocenters. The second-order valence-corrected chi connectivity index (χ2v) is 8.82. The molecule has 3 rings (SSSR count). The van der Waals surface area contributed by atoms with Crippen LogP contribution in [-0.2, 0) is 21.4 Å². The molecule has 0 bridgehead atoms. The van der Waals surface area contributed by atoms with Gasteiger partial charge in [-0.25, -0.2) is 8.42 Å². The van der Waals surface area contributed by atoms with Gasteiger partial charge >= 0.3 is 0 Å². The minimum Gasteiger partial charge on any atom is -0.492 e. The molecule has 0 saturated carbocycles. The lowest BCUT2D eigenvalue weighted by molar-refractivity contribution is -0.121. The largest absolute Gasteiger partial charge is 0.492 e. The average molecular weight is 459 g/mol. The van der Waals surface area contributed by atoms with Crippen molar-refractivity contribution in [2.24, 2.45) is 0 Å². The summed E-state index contributed by atoms with van der Waals surface area (Å²) in [5.41, 5.74) is 1.09. The summed E-state index contributed by atoms with van der Waals surface area (Å²) in [5.74, 6) is 0.438. The van der Waals surface area contributed by atoms with Gasteiger partial charge in [0.05, 0.1) is 22.2 Å². The van der Waals surface area contributed by atoms with Gasteiger partial charge in [-0.05, 0) is 42.3 Å². The summed E-state index contributed by atoms with van der Waals surface area (Å²) in [4.78, 5) is 12.4. The van der Waals surface area contributed by atoms with Crippen molar-refractivity contribution >= 4 is 33.2 Å². The van der Waals surface area contributed by atoms with Crippen LogP contribution in [0, 0.1) is 0 Å². The van der Waals surface area contributed by atoms with Crippen LogP contribution < -0.4 is 14.8 Å². The highest BCUT2D eigenvalue weighted by Crippen LogP contribution is 2.23. The van der Waals surface area contributed by atoms with Crippen molar-refractivity contribution in [3.05, 3.63) is 89.4 Å². The van der Waals surface area contributed by atoms with E-state index in [2.05, 4.69) is 10.0 Å². The minimum atomic E-state index is -3.71. The van der Waals surface area contributed by atoms with Crippen molar-refractivity contribution in [3.63, 3.8) is 0 Å². The van der Waals surface area contributed by atoms with E-state index in [0.717, 1.165) is 0 Å². The van der Waals surface area contributed by atoms with Gasteiger partial charge < -0.3 is 10.1 Å². The molecule has 0 aliphatic carbocycles. The van der Waals surface area contributed by atoms with Gasteiger partial charge in [-0.1, -0.05) is 60.1 Å². The van der Waals surface area contributed by atoms with Gasteiger partial charge in [0.2, 0.25) is 5.91 Å². The molecule has 0 heterocycles. The number of halogens is 1. The van der Waals surface area contributed by atoms with Crippen LogP contribution in [0.5, 0.6) is 5.75 Å². The lowest BCUT2D eigenvalue weighted by Crippen LogP contribution is -2.24. The summed E-state index contributed by atoms with van der Waals surface area (Å²) >= 11 is 6.03. The van der Waals surface area contributed by atoms with E-state index in [1.165, 1.54) is 12.1 Å². The number of rotatable bonds is 10. The molecule has 0 fully saturated rings. The predicted octanol–water partition coefficient (Wildman–Crippen LogP) is 4.62. The van der Waals surface area contributed by atoms with E-state index >= 15 is 0 Å². The standard InChI is InChI=1S/C23H23ClN2O4S/c24-20-12-5-7-14-22(20)30-16-8-15-23(27)25-17-18-9-4-6-13-21(18)26-31(28,29)19-10-2-1-3-11-19/h1-7,9-14,26H,8,15-17H2,(H,25,27). The third-order valence-corrected chi connectivity index (χ3v) is 6.13. The zero-order valence-electron chi connectivity index (χ0n) is 16.8. The second kappa shape index (κ2) is 10.8. The first kappa shape index (κ1) is 22.7. The molecular formula is C23H23ClN2O4S. The number of benzene rings is 3. The highest BCUT2D eigenvalue weighted by molar-refractivity contribution is 7.92. The highest BCUT2D eigenvalue weighted by Gasteiger charge is 2.15. The minimum absolute atomic E-state index is 0.150. The normalized spacial score (nSPS) is 11.0. The van der Waals surface area contributed by atoms with Gasteiger partial charge in [0.25, 0.3) is 10.0 Å². The maximum atomic E-state index is 12.6. The molecule has 0 unspecified atom stereocenters. The second-order valence-electron chi connectivity index (χ2n) is 6.73. The van der Waals surface area contributed by atoms with Crippen molar-refractivity contribution < 1.29 is 17.9 Å². The smallest absolute Gasteiger partial charge is 0.261 e. The van der Waals surface area contributed by atoms with Crippen molar-refractivity contribution in [1.82, 2.24) is 5.32 Å². The average Bonchev–Trinajstić information content (AvgIpc) is 2.77. The zero-order chi connectivity index (χ0) is 22.1. The molecule has 162 valence electrons. The van der Waals surface area contributed by atoms with Crippen LogP contribution in [0.4, 0.5) is 5.69 Å². The summed E-state index contributed by atoms with van der Waals surface area (Å²) in [5, 5.41) is 3.35. The maximum Gasteiger partial charge on any atom is 0.261 e. The Morgan fingerprint density at radius 2 is 1.58 bits per heavy atom. The number of nitrogens with one attached hydrogen (secondary N) is 2. The molecule has 3 aromatic rings.